The molecular formula is C10H11BrClN. The number of hydrogen-bond donors (Lipinski definition) is 1. The van der Waals surface area contributed by atoms with Crippen LogP contribution in [-0.4, -0.2) is 6.04 Å². The normalized spacial score (nSPS) is 21.3. The Hall–Kier alpha value is -0.0500. The Morgan fingerprint density at radius 3 is 3.00 bits per heavy atom. The minimum atomic E-state index is 0.320. The van der Waals surface area contributed by atoms with Crippen LogP contribution in [0.2, 0.25) is 5.02 Å². The summed E-state index contributed by atoms with van der Waals surface area (Å²) in [6.45, 7) is 0. The summed E-state index contributed by atoms with van der Waals surface area (Å²) in [5, 5.41) is 0.800. The predicted molar refractivity (Wildman–Crippen MR) is 59.2 cm³/mol. The molecule has 2 rings (SSSR count). The molecule has 0 amide bonds. The molecule has 0 saturated heterocycles. The quantitative estimate of drug-likeness (QED) is 0.763. The van der Waals surface area contributed by atoms with Gasteiger partial charge < -0.3 is 5.73 Å². The van der Waals surface area contributed by atoms with Gasteiger partial charge in [0.05, 0.1) is 5.02 Å². The highest BCUT2D eigenvalue weighted by atomic mass is 79.9. The van der Waals surface area contributed by atoms with Crippen molar-refractivity contribution in [1.82, 2.24) is 0 Å². The maximum Gasteiger partial charge on any atom is 0.0551 e. The van der Waals surface area contributed by atoms with Gasteiger partial charge in [0.15, 0.2) is 0 Å². The Morgan fingerprint density at radius 2 is 2.23 bits per heavy atom. The molecule has 13 heavy (non-hydrogen) atoms. The fourth-order valence-corrected chi connectivity index (χ4v) is 2.57. The molecule has 3 heteroatoms. The van der Waals surface area contributed by atoms with E-state index < -0.39 is 0 Å². The summed E-state index contributed by atoms with van der Waals surface area (Å²) in [5.74, 6) is 0. The lowest BCUT2D eigenvalue weighted by Crippen LogP contribution is -2.27. The van der Waals surface area contributed by atoms with Crippen LogP contribution < -0.4 is 5.73 Å². The van der Waals surface area contributed by atoms with Crippen LogP contribution >= 0.6 is 27.5 Å². The van der Waals surface area contributed by atoms with Gasteiger partial charge >= 0.3 is 0 Å². The van der Waals surface area contributed by atoms with Crippen LogP contribution in [0.5, 0.6) is 0 Å². The van der Waals surface area contributed by atoms with Crippen LogP contribution in [0.1, 0.15) is 17.5 Å². The van der Waals surface area contributed by atoms with Crippen molar-refractivity contribution in [2.75, 3.05) is 0 Å². The molecule has 1 aliphatic carbocycles. The minimum Gasteiger partial charge on any atom is -0.327 e. The highest BCUT2D eigenvalue weighted by molar-refractivity contribution is 9.10. The summed E-state index contributed by atoms with van der Waals surface area (Å²) in [7, 11) is 0. The van der Waals surface area contributed by atoms with Crippen molar-refractivity contribution in [2.45, 2.75) is 25.3 Å². The van der Waals surface area contributed by atoms with E-state index in [1.54, 1.807) is 0 Å². The topological polar surface area (TPSA) is 26.0 Å². The van der Waals surface area contributed by atoms with Gasteiger partial charge in [0.25, 0.3) is 0 Å². The second-order valence-corrected chi connectivity index (χ2v) is 4.70. The molecule has 0 saturated carbocycles. The summed E-state index contributed by atoms with van der Waals surface area (Å²) >= 11 is 9.52. The molecular weight excluding hydrogens is 249 g/mol. The third kappa shape index (κ3) is 1.76. The highest BCUT2D eigenvalue weighted by Crippen LogP contribution is 2.33. The van der Waals surface area contributed by atoms with Crippen LogP contribution in [0, 0.1) is 0 Å². The predicted octanol–water partition coefficient (Wildman–Crippen LogP) is 2.92. The lowest BCUT2D eigenvalue weighted by atomic mass is 9.89. The number of nitrogens with two attached hydrogens (primary N) is 1. The fourth-order valence-electron chi connectivity index (χ4n) is 1.81. The lowest BCUT2D eigenvalue weighted by molar-refractivity contribution is 0.575. The van der Waals surface area contributed by atoms with Gasteiger partial charge in [0.1, 0.15) is 0 Å². The first-order chi connectivity index (χ1) is 6.18. The molecule has 0 fully saturated rings. The molecule has 0 heterocycles. The van der Waals surface area contributed by atoms with Crippen molar-refractivity contribution in [3.05, 3.63) is 32.8 Å². The number of halogens is 2. The molecule has 1 aliphatic rings. The van der Waals surface area contributed by atoms with Gasteiger partial charge in [-0.25, -0.2) is 0 Å². The van der Waals surface area contributed by atoms with Gasteiger partial charge in [-0.2, -0.15) is 0 Å². The van der Waals surface area contributed by atoms with E-state index in [4.69, 9.17) is 17.3 Å². The van der Waals surface area contributed by atoms with Crippen molar-refractivity contribution in [2.24, 2.45) is 5.73 Å². The molecule has 0 bridgehead atoms. The molecule has 0 spiro atoms. The van der Waals surface area contributed by atoms with Crippen molar-refractivity contribution in [3.8, 4) is 0 Å². The van der Waals surface area contributed by atoms with E-state index in [2.05, 4.69) is 22.0 Å². The molecule has 0 unspecified atom stereocenters. The van der Waals surface area contributed by atoms with Gasteiger partial charge in [-0.1, -0.05) is 17.7 Å². The van der Waals surface area contributed by atoms with Crippen molar-refractivity contribution >= 4 is 27.5 Å². The summed E-state index contributed by atoms with van der Waals surface area (Å²) in [6.07, 6.45) is 3.08. The van der Waals surface area contributed by atoms with E-state index in [0.717, 1.165) is 28.8 Å². The first-order valence-electron chi connectivity index (χ1n) is 4.40. The molecule has 0 radical (unpaired) electrons. The zero-order chi connectivity index (χ0) is 9.42. The molecule has 1 aromatic carbocycles. The third-order valence-electron chi connectivity index (χ3n) is 2.54. The molecule has 2 N–H and O–H groups in total. The number of fused-ring (bicyclic) bond motifs is 1. The van der Waals surface area contributed by atoms with Crippen LogP contribution in [0.3, 0.4) is 0 Å². The van der Waals surface area contributed by atoms with Gasteiger partial charge in [0.2, 0.25) is 0 Å². The Labute approximate surface area is 91.4 Å². The van der Waals surface area contributed by atoms with Gasteiger partial charge in [-0.05, 0) is 52.4 Å². The number of rotatable bonds is 0. The van der Waals surface area contributed by atoms with E-state index in [1.807, 2.05) is 6.07 Å². The third-order valence-corrected chi connectivity index (χ3v) is 3.99. The first kappa shape index (κ1) is 9.50. The second kappa shape index (κ2) is 3.60. The monoisotopic (exact) mass is 259 g/mol. The van der Waals surface area contributed by atoms with Crippen LogP contribution in [0.4, 0.5) is 0 Å². The lowest BCUT2D eigenvalue weighted by Gasteiger charge is -2.22. The van der Waals surface area contributed by atoms with E-state index in [9.17, 15) is 0 Å². The Kier molecular flexibility index (Phi) is 2.63. The Bertz CT molecular complexity index is 338. The molecule has 1 nitrogen and oxygen atoms in total. The van der Waals surface area contributed by atoms with E-state index in [1.165, 1.54) is 11.1 Å². The van der Waals surface area contributed by atoms with Crippen molar-refractivity contribution in [3.63, 3.8) is 0 Å². The van der Waals surface area contributed by atoms with Crippen molar-refractivity contribution < 1.29 is 0 Å². The average Bonchev–Trinajstić information content (AvgIpc) is 2.12. The summed E-state index contributed by atoms with van der Waals surface area (Å²) in [4.78, 5) is 0. The summed E-state index contributed by atoms with van der Waals surface area (Å²) in [5.41, 5.74) is 8.57. The number of hydrogen-bond acceptors (Lipinski definition) is 1. The molecule has 1 aromatic rings. The van der Waals surface area contributed by atoms with E-state index in [-0.39, 0.29) is 0 Å². The second-order valence-electron chi connectivity index (χ2n) is 3.50. The summed E-state index contributed by atoms with van der Waals surface area (Å²) < 4.78 is 1.05. The number of benzene rings is 1. The fraction of sp³-hybridized carbons (Fsp3) is 0.400. The molecule has 0 aliphatic heterocycles. The van der Waals surface area contributed by atoms with Gasteiger partial charge in [-0.3, -0.25) is 0 Å². The zero-order valence-electron chi connectivity index (χ0n) is 7.19. The van der Waals surface area contributed by atoms with E-state index >= 15 is 0 Å². The van der Waals surface area contributed by atoms with Crippen LogP contribution in [0.15, 0.2) is 16.6 Å². The SMILES string of the molecule is N[C@@H]1CCc2c(ccc(Cl)c2Br)C1. The maximum absolute atomic E-state index is 6.00. The molecule has 0 aromatic heterocycles. The first-order valence-corrected chi connectivity index (χ1v) is 5.57. The smallest absolute Gasteiger partial charge is 0.0551 e. The van der Waals surface area contributed by atoms with Crippen molar-refractivity contribution in [1.29, 1.82) is 0 Å². The molecule has 70 valence electrons. The zero-order valence-corrected chi connectivity index (χ0v) is 9.53. The van der Waals surface area contributed by atoms with Gasteiger partial charge in [0, 0.05) is 10.5 Å². The Morgan fingerprint density at radius 1 is 1.46 bits per heavy atom. The van der Waals surface area contributed by atoms with Crippen LogP contribution in [-0.2, 0) is 12.8 Å². The summed E-state index contributed by atoms with van der Waals surface area (Å²) in [6, 6.07) is 4.34. The average molecular weight is 261 g/mol. The molecule has 1 atom stereocenters. The van der Waals surface area contributed by atoms with E-state index in [0.29, 0.717) is 6.04 Å². The minimum absolute atomic E-state index is 0.320. The standard InChI is InChI=1S/C10H11BrClN/c11-10-8-3-2-7(13)5-6(8)1-4-9(10)12/h1,4,7H,2-3,5,13H2/t7-/m1/s1. The Balaban J connectivity index is 2.47. The largest absolute Gasteiger partial charge is 0.327 e. The van der Waals surface area contributed by atoms with Gasteiger partial charge in [-0.15, -0.1) is 0 Å². The maximum atomic E-state index is 6.00. The van der Waals surface area contributed by atoms with Crippen LogP contribution in [0.25, 0.3) is 0 Å². The highest BCUT2D eigenvalue weighted by Gasteiger charge is 2.18.